The van der Waals surface area contributed by atoms with E-state index in [1.807, 2.05) is 24.0 Å². The lowest BCUT2D eigenvalue weighted by molar-refractivity contribution is 0.597. The summed E-state index contributed by atoms with van der Waals surface area (Å²) in [6.45, 7) is 5.36. The summed E-state index contributed by atoms with van der Waals surface area (Å²) < 4.78 is 0. The standard InChI is InChI=1S/C15H20N2S/c1-3-18-11-12(2)17-10-13-8-9-16-15-7-5-4-6-14(13)15/h4-9,12,17H,3,10-11H2,1-2H3. The summed E-state index contributed by atoms with van der Waals surface area (Å²) in [7, 11) is 0. The second-order valence-electron chi connectivity index (χ2n) is 4.43. The highest BCUT2D eigenvalue weighted by molar-refractivity contribution is 7.99. The van der Waals surface area contributed by atoms with Crippen molar-refractivity contribution in [3.63, 3.8) is 0 Å². The molecule has 0 aliphatic heterocycles. The van der Waals surface area contributed by atoms with Gasteiger partial charge in [-0.25, -0.2) is 0 Å². The molecule has 0 spiro atoms. The molecule has 96 valence electrons. The van der Waals surface area contributed by atoms with E-state index in [9.17, 15) is 0 Å². The zero-order valence-corrected chi connectivity index (χ0v) is 11.8. The van der Waals surface area contributed by atoms with Crippen molar-refractivity contribution in [3.05, 3.63) is 42.1 Å². The van der Waals surface area contributed by atoms with E-state index in [-0.39, 0.29) is 0 Å². The van der Waals surface area contributed by atoms with Crippen LogP contribution in [0.5, 0.6) is 0 Å². The van der Waals surface area contributed by atoms with Crippen LogP contribution in [0.1, 0.15) is 19.4 Å². The summed E-state index contributed by atoms with van der Waals surface area (Å²) in [5, 5.41) is 4.83. The van der Waals surface area contributed by atoms with Crippen molar-refractivity contribution in [2.24, 2.45) is 0 Å². The van der Waals surface area contributed by atoms with Gasteiger partial charge < -0.3 is 5.32 Å². The van der Waals surface area contributed by atoms with Crippen LogP contribution in [0.15, 0.2) is 36.5 Å². The van der Waals surface area contributed by atoms with Gasteiger partial charge in [-0.1, -0.05) is 25.1 Å². The van der Waals surface area contributed by atoms with Crippen LogP contribution in [0.4, 0.5) is 0 Å². The summed E-state index contributed by atoms with van der Waals surface area (Å²) in [4.78, 5) is 4.39. The molecule has 0 fully saturated rings. The van der Waals surface area contributed by atoms with Crippen molar-refractivity contribution in [3.8, 4) is 0 Å². The predicted octanol–water partition coefficient (Wildman–Crippen LogP) is 3.47. The Morgan fingerprint density at radius 2 is 2.11 bits per heavy atom. The first kappa shape index (κ1) is 13.4. The summed E-state index contributed by atoms with van der Waals surface area (Å²) >= 11 is 1.98. The quantitative estimate of drug-likeness (QED) is 0.861. The minimum atomic E-state index is 0.543. The van der Waals surface area contributed by atoms with Crippen LogP contribution >= 0.6 is 11.8 Å². The number of fused-ring (bicyclic) bond motifs is 1. The van der Waals surface area contributed by atoms with Gasteiger partial charge in [0.2, 0.25) is 0 Å². The SMILES string of the molecule is CCSCC(C)NCc1ccnc2ccccc12. The third-order valence-corrected chi connectivity index (χ3v) is 4.10. The Morgan fingerprint density at radius 1 is 1.28 bits per heavy atom. The van der Waals surface area contributed by atoms with Gasteiger partial charge in [0.05, 0.1) is 5.52 Å². The van der Waals surface area contributed by atoms with Gasteiger partial charge in [-0.2, -0.15) is 11.8 Å². The highest BCUT2D eigenvalue weighted by Gasteiger charge is 2.04. The molecule has 1 aromatic heterocycles. The molecule has 1 atom stereocenters. The van der Waals surface area contributed by atoms with Crippen molar-refractivity contribution in [2.45, 2.75) is 26.4 Å². The van der Waals surface area contributed by atoms with E-state index in [2.05, 4.69) is 48.4 Å². The maximum Gasteiger partial charge on any atom is 0.0705 e. The van der Waals surface area contributed by atoms with Gasteiger partial charge in [-0.05, 0) is 30.4 Å². The van der Waals surface area contributed by atoms with E-state index in [1.165, 1.54) is 22.5 Å². The molecule has 2 aromatic rings. The van der Waals surface area contributed by atoms with Crippen LogP contribution in [0.3, 0.4) is 0 Å². The minimum Gasteiger partial charge on any atom is -0.309 e. The van der Waals surface area contributed by atoms with Gasteiger partial charge in [0.25, 0.3) is 0 Å². The summed E-state index contributed by atoms with van der Waals surface area (Å²) in [6.07, 6.45) is 1.89. The fraction of sp³-hybridized carbons (Fsp3) is 0.400. The number of nitrogens with zero attached hydrogens (tertiary/aromatic N) is 1. The number of rotatable bonds is 6. The van der Waals surface area contributed by atoms with Gasteiger partial charge in [-0.3, -0.25) is 4.98 Å². The lowest BCUT2D eigenvalue weighted by atomic mass is 10.1. The summed E-state index contributed by atoms with van der Waals surface area (Å²) in [5.41, 5.74) is 2.40. The van der Waals surface area contributed by atoms with Crippen LogP contribution in [-0.2, 0) is 6.54 Å². The predicted molar refractivity (Wildman–Crippen MR) is 81.0 cm³/mol. The maximum atomic E-state index is 4.39. The molecule has 1 aromatic carbocycles. The van der Waals surface area contributed by atoms with Gasteiger partial charge in [-0.15, -0.1) is 0 Å². The number of aromatic nitrogens is 1. The van der Waals surface area contributed by atoms with E-state index in [4.69, 9.17) is 0 Å². The maximum absolute atomic E-state index is 4.39. The van der Waals surface area contributed by atoms with Crippen molar-refractivity contribution < 1.29 is 0 Å². The highest BCUT2D eigenvalue weighted by Crippen LogP contribution is 2.16. The van der Waals surface area contributed by atoms with Gasteiger partial charge in [0.1, 0.15) is 0 Å². The Labute approximate surface area is 113 Å². The smallest absolute Gasteiger partial charge is 0.0705 e. The van der Waals surface area contributed by atoms with E-state index in [0.717, 1.165) is 12.1 Å². The Hall–Kier alpha value is -1.06. The first-order chi connectivity index (χ1) is 8.81. The van der Waals surface area contributed by atoms with Gasteiger partial charge in [0, 0.05) is 29.9 Å². The lowest BCUT2D eigenvalue weighted by Gasteiger charge is -2.14. The Kier molecular flexibility index (Phi) is 5.02. The van der Waals surface area contributed by atoms with Crippen LogP contribution in [-0.4, -0.2) is 22.5 Å². The number of nitrogens with one attached hydrogen (secondary N) is 1. The second-order valence-corrected chi connectivity index (χ2v) is 5.75. The highest BCUT2D eigenvalue weighted by atomic mass is 32.2. The third-order valence-electron chi connectivity index (χ3n) is 2.95. The summed E-state index contributed by atoms with van der Waals surface area (Å²) in [6, 6.07) is 11.0. The topological polar surface area (TPSA) is 24.9 Å². The Morgan fingerprint density at radius 3 is 2.94 bits per heavy atom. The number of hydrogen-bond acceptors (Lipinski definition) is 3. The van der Waals surface area contributed by atoms with E-state index in [0.29, 0.717) is 6.04 Å². The van der Waals surface area contributed by atoms with Crippen LogP contribution in [0.2, 0.25) is 0 Å². The molecule has 0 saturated carbocycles. The molecule has 1 unspecified atom stereocenters. The van der Waals surface area contributed by atoms with Crippen LogP contribution < -0.4 is 5.32 Å². The van der Waals surface area contributed by atoms with Crippen molar-refractivity contribution in [1.82, 2.24) is 10.3 Å². The zero-order chi connectivity index (χ0) is 12.8. The van der Waals surface area contributed by atoms with E-state index in [1.54, 1.807) is 0 Å². The summed E-state index contributed by atoms with van der Waals surface area (Å²) in [5.74, 6) is 2.35. The number of hydrogen-bond donors (Lipinski definition) is 1. The second kappa shape index (κ2) is 6.76. The van der Waals surface area contributed by atoms with Crippen molar-refractivity contribution in [1.29, 1.82) is 0 Å². The fourth-order valence-corrected chi connectivity index (χ4v) is 2.65. The molecule has 0 radical (unpaired) electrons. The molecule has 0 aliphatic rings. The molecule has 2 nitrogen and oxygen atoms in total. The Balaban J connectivity index is 2.03. The average Bonchev–Trinajstić information content (AvgIpc) is 2.42. The van der Waals surface area contributed by atoms with E-state index < -0.39 is 0 Å². The number of thioether (sulfide) groups is 1. The third kappa shape index (κ3) is 3.47. The molecule has 0 amide bonds. The molecule has 0 saturated heterocycles. The average molecular weight is 260 g/mol. The lowest BCUT2D eigenvalue weighted by Crippen LogP contribution is -2.27. The molecule has 0 bridgehead atoms. The van der Waals surface area contributed by atoms with Crippen LogP contribution in [0.25, 0.3) is 10.9 Å². The normalized spacial score (nSPS) is 12.8. The largest absolute Gasteiger partial charge is 0.309 e. The fourth-order valence-electron chi connectivity index (χ4n) is 1.95. The first-order valence-corrected chi connectivity index (χ1v) is 7.60. The van der Waals surface area contributed by atoms with Gasteiger partial charge >= 0.3 is 0 Å². The molecule has 18 heavy (non-hydrogen) atoms. The van der Waals surface area contributed by atoms with E-state index >= 15 is 0 Å². The minimum absolute atomic E-state index is 0.543. The van der Waals surface area contributed by atoms with Crippen molar-refractivity contribution in [2.75, 3.05) is 11.5 Å². The molecular formula is C15H20N2S. The van der Waals surface area contributed by atoms with Crippen LogP contribution in [0, 0.1) is 0 Å². The first-order valence-electron chi connectivity index (χ1n) is 6.45. The van der Waals surface area contributed by atoms with Crippen molar-refractivity contribution >= 4 is 22.7 Å². The molecule has 1 heterocycles. The molecule has 0 aliphatic carbocycles. The molecule has 1 N–H and O–H groups in total. The number of pyridine rings is 1. The number of benzene rings is 1. The zero-order valence-electron chi connectivity index (χ0n) is 11.0. The number of para-hydroxylation sites is 1. The Bertz CT molecular complexity index is 493. The monoisotopic (exact) mass is 260 g/mol. The van der Waals surface area contributed by atoms with Gasteiger partial charge in [0.15, 0.2) is 0 Å². The molecule has 3 heteroatoms. The molecular weight excluding hydrogens is 240 g/mol. The molecule has 2 rings (SSSR count).